The molecule has 4 saturated heterocycles. The third kappa shape index (κ3) is 23.8. The summed E-state index contributed by atoms with van der Waals surface area (Å²) in [7, 11) is 1.75. The number of nitrogens with zero attached hydrogens (tertiary/aromatic N) is 4. The molecule has 21 atom stereocenters. The molecule has 672 valence electrons. The van der Waals surface area contributed by atoms with Crippen LogP contribution in [0.4, 0.5) is 0 Å². The Morgan fingerprint density at radius 2 is 0.625 bits per heavy atom. The van der Waals surface area contributed by atoms with Gasteiger partial charge in [-0.25, -0.2) is 0 Å². The molecule has 0 radical (unpaired) electrons. The molecule has 8 N–H and O–H groups in total. The van der Waals surface area contributed by atoms with Crippen molar-refractivity contribution in [3.05, 3.63) is 93.0 Å². The van der Waals surface area contributed by atoms with E-state index in [4.69, 9.17) is 126 Å². The molecule has 0 aliphatic carbocycles. The maximum atomic E-state index is 13.3. The normalized spacial score (nSPS) is 44.4. The van der Waals surface area contributed by atoms with E-state index in [2.05, 4.69) is 0 Å². The number of hydrogen-bond acceptors (Lipinski definition) is 24. The van der Waals surface area contributed by atoms with Crippen LogP contribution in [0.15, 0.2) is 48.5 Å². The van der Waals surface area contributed by atoms with E-state index in [1.807, 2.05) is 0 Å². The van der Waals surface area contributed by atoms with E-state index < -0.39 is 311 Å². The van der Waals surface area contributed by atoms with Crippen molar-refractivity contribution in [2.45, 2.75) is 260 Å². The number of methoxy groups -OCH3 is 8. The summed E-state index contributed by atoms with van der Waals surface area (Å²) >= 11 is 0. The predicted molar refractivity (Wildman–Crippen MR) is 471 cm³/mol. The molecule has 4 fully saturated rings. The Bertz CT molecular complexity index is 6680. The van der Waals surface area contributed by atoms with Gasteiger partial charge in [0.15, 0.2) is 46.0 Å². The van der Waals surface area contributed by atoms with Gasteiger partial charge in [0.2, 0.25) is 0 Å². The van der Waals surface area contributed by atoms with Gasteiger partial charge in [0.05, 0.1) is 73.2 Å². The van der Waals surface area contributed by atoms with Crippen LogP contribution in [-0.2, 0) is 63.8 Å². The minimum atomic E-state index is -4.11. The van der Waals surface area contributed by atoms with E-state index in [0.717, 1.165) is 32.4 Å². The number of benzene rings is 4. The lowest BCUT2D eigenvalue weighted by molar-refractivity contribution is -0.161. The summed E-state index contributed by atoms with van der Waals surface area (Å²) < 4.78 is 541. The summed E-state index contributed by atoms with van der Waals surface area (Å²) in [5.41, 5.74) is 23.8. The first-order valence-corrected chi connectivity index (χ1v) is 38.8. The van der Waals surface area contributed by atoms with E-state index in [1.54, 1.807) is 13.8 Å². The van der Waals surface area contributed by atoms with Crippen molar-refractivity contribution in [2.75, 3.05) is 109 Å². The van der Waals surface area contributed by atoms with Crippen LogP contribution in [0.25, 0.3) is 0 Å². The molecule has 0 aromatic heterocycles. The number of rotatable bonds is 28. The Morgan fingerprint density at radius 3 is 0.925 bits per heavy atom. The number of fused-ring (bicyclic) bond motifs is 12. The molecular formula is C96H152N8O16. The van der Waals surface area contributed by atoms with Gasteiger partial charge >= 0.3 is 23.9 Å². The Hall–Kier alpha value is -7.16. The SMILES string of the molecule is [2H]C([2H])([2H])C([2H])(C)C([2H])([2H])C1([2H])C(OC(=O)[C@@H](N)C(C)C)C([2H])([2H])C2([2H])c3cc(OC)c(OC)cc3CCN2C1([2H])[2H].[2H]C([2H])([2H])Oc1cc2c(cc1OC)C1([2H])N(CC2)C([2H])([2H])C([2H])(C([2H])([2H])C([2H])(C)C([2H])([2H])[2H])C(OC(=O)[C@@H](N)C(C)C)C1([2H])[2H].[2H]C([2H])([2H])Oc1cc2c(cc1OC)C1([2H])N(CC2)C([2H])([2H])C([2H])(C([2H])([2H])C([2H])(C)C([2H])([2H])[2H])C([2H])(OC(=O)[C@@H](N)C(C)C)C1([2H])[2H].[2H]C1C2([2H])c3cc(OC)c(OC)cc3CCN2C([2H])([2H])C([2H])(C([2H])([2H])C([2H])(C)C([2H])([2H])[2H])C1([2H])OC(=O)[C@@H](N)C(C)C. The molecule has 24 nitrogen and oxygen atoms in total. The van der Waals surface area contributed by atoms with Gasteiger partial charge < -0.3 is 79.8 Å². The molecule has 0 amide bonds. The van der Waals surface area contributed by atoms with Crippen LogP contribution < -0.4 is 60.8 Å². The molecule has 0 saturated carbocycles. The zero-order chi connectivity index (χ0) is 137. The molecule has 8 heterocycles. The van der Waals surface area contributed by atoms with Crippen LogP contribution in [0, 0.1) is 70.8 Å². The van der Waals surface area contributed by atoms with Crippen LogP contribution >= 0.6 is 0 Å². The van der Waals surface area contributed by atoms with Gasteiger partial charge in [0.25, 0.3) is 0 Å². The number of hydrogen-bond donors (Lipinski definition) is 4. The molecule has 4 aromatic rings. The summed E-state index contributed by atoms with van der Waals surface area (Å²) in [4.78, 5) is 55.3. The summed E-state index contributed by atoms with van der Waals surface area (Å²) in [5.74, 6) is -37.0. The number of nitrogens with two attached hydrogens (primary N) is 4. The number of carbonyl (C=O) groups is 4. The monoisotopic (exact) mass is 1730 g/mol. The van der Waals surface area contributed by atoms with Gasteiger partial charge in [-0.1, -0.05) is 110 Å². The Morgan fingerprint density at radius 1 is 0.375 bits per heavy atom. The van der Waals surface area contributed by atoms with E-state index in [0.29, 0.717) is 58.4 Å². The minimum Gasteiger partial charge on any atom is -0.493 e. The standard InChI is InChI=1S/4C24H38N2O4/c4*1-14(2)9-17-13-26-8-7-16-10-21(28-5)22(29-6)11-18(16)19(26)12-20(17)30-24(27)23(25)15(3)4/h4*10-11,14-15,17,19-20,23H,7-9,12-13,25H2,1-6H3/t4*17?,19?,20?,23-/m0000/s1/i1D3,5D3,9D2,12D2,13D2,14D,17D,19D,20D;1D3,9D2,12D,13D2,14D,17D,19D,20D;1D3,5D3,9D2,12D2,13D2,14D,17D,19D;1D3,9D2,12D2,13D2,14D,17D,19D/t14?,17?,19?,20?,23-;12?,14?,17?,19?,20?,23-;2*14?,17?,19?,20?,23-. The maximum absolute atomic E-state index is 13.3. The van der Waals surface area contributed by atoms with Gasteiger partial charge in [0.1, 0.15) is 48.5 Å². The molecule has 24 heteroatoms. The summed E-state index contributed by atoms with van der Waals surface area (Å²) in [6, 6.07) is -7.41. The van der Waals surface area contributed by atoms with Crippen molar-refractivity contribution in [1.29, 1.82) is 0 Å². The Balaban J connectivity index is 0.000000255. The highest BCUT2D eigenvalue weighted by Crippen LogP contribution is 2.50. The third-order valence-electron chi connectivity index (χ3n) is 19.9. The zero-order valence-electron chi connectivity index (χ0n) is 126. The van der Waals surface area contributed by atoms with Crippen molar-refractivity contribution >= 4 is 23.9 Å². The zero-order valence-corrected chi connectivity index (χ0v) is 70.8. The highest BCUT2D eigenvalue weighted by atomic mass is 16.6. The fraction of sp³-hybridized carbons (Fsp3) is 0.708. The fourth-order valence-corrected chi connectivity index (χ4v) is 13.1. The van der Waals surface area contributed by atoms with Crippen molar-refractivity contribution in [3.8, 4) is 46.0 Å². The Kier molecular flexibility index (Phi) is 16.7. The van der Waals surface area contributed by atoms with Crippen LogP contribution in [0.5, 0.6) is 46.0 Å². The first kappa shape index (κ1) is 45.6. The second-order valence-electron chi connectivity index (χ2n) is 30.1. The topological polar surface area (TPSA) is 296 Å². The predicted octanol–water partition coefficient (Wildman–Crippen LogP) is 14.3. The van der Waals surface area contributed by atoms with Crippen molar-refractivity contribution in [2.24, 2.45) is 93.8 Å². The molecule has 8 aliphatic rings. The van der Waals surface area contributed by atoms with Crippen LogP contribution in [0.1, 0.15) is 305 Å². The average Bonchev–Trinajstić information content (AvgIpc) is 0.642. The summed E-state index contributed by atoms with van der Waals surface area (Å²) in [6.07, 6.45) is -42.0. The van der Waals surface area contributed by atoms with E-state index in [1.165, 1.54) is 100 Å². The van der Waals surface area contributed by atoms with Crippen LogP contribution in [0.3, 0.4) is 0 Å². The second kappa shape index (κ2) is 43.9. The van der Waals surface area contributed by atoms with Crippen molar-refractivity contribution in [3.63, 3.8) is 0 Å². The van der Waals surface area contributed by atoms with Crippen LogP contribution in [-0.4, -0.2) is 201 Å². The molecule has 120 heavy (non-hydrogen) atoms. The van der Waals surface area contributed by atoms with Crippen molar-refractivity contribution in [1.82, 2.24) is 19.6 Å². The molecule has 0 bridgehead atoms. The van der Waals surface area contributed by atoms with Gasteiger partial charge in [-0.2, -0.15) is 0 Å². The molecule has 17 unspecified atom stereocenters. The lowest BCUT2D eigenvalue weighted by Gasteiger charge is -2.47. The molecule has 0 spiro atoms. The molecule has 4 aromatic carbocycles. The third-order valence-corrected chi connectivity index (χ3v) is 19.9. The second-order valence-corrected chi connectivity index (χ2v) is 30.1. The maximum Gasteiger partial charge on any atom is 0.323 e. The molecule has 12 rings (SSSR count). The van der Waals surface area contributed by atoms with Crippen molar-refractivity contribution < 1.29 is 151 Å². The first-order valence-electron chi connectivity index (χ1n) is 66.3. The lowest BCUT2D eigenvalue weighted by atomic mass is 9.79. The number of piperidine rings is 4. The van der Waals surface area contributed by atoms with E-state index in [9.17, 15) is 48.0 Å². The first-order chi connectivity index (χ1) is 78.0. The average molecular weight is 1730 g/mol. The van der Waals surface area contributed by atoms with Gasteiger partial charge in [-0.05, 0) is 191 Å². The number of carbonyl (C=O) groups excluding carboxylic acids is 4. The quantitative estimate of drug-likeness (QED) is 0.0303. The van der Waals surface area contributed by atoms with Crippen LogP contribution in [0.2, 0.25) is 0 Å². The fourth-order valence-electron chi connectivity index (χ4n) is 13.1. The largest absolute Gasteiger partial charge is 0.493 e. The van der Waals surface area contributed by atoms with Gasteiger partial charge in [0, 0.05) is 184 Å². The molecule has 8 aliphatic heterocycles. The summed E-state index contributed by atoms with van der Waals surface area (Å²) in [5, 5.41) is 0. The highest BCUT2D eigenvalue weighted by Gasteiger charge is 2.47. The van der Waals surface area contributed by atoms with E-state index >= 15 is 0 Å². The summed E-state index contributed by atoms with van der Waals surface area (Å²) in [6.45, 7) is -15.5. The number of esters is 4. The highest BCUT2D eigenvalue weighted by molar-refractivity contribution is 5.77. The lowest BCUT2D eigenvalue weighted by Crippen LogP contribution is -2.51. The van der Waals surface area contributed by atoms with E-state index in [-0.39, 0.29) is 106 Å². The number of ether oxygens (including phenoxy) is 12. The van der Waals surface area contributed by atoms with Gasteiger partial charge in [-0.15, -0.1) is 0 Å². The minimum absolute atomic E-state index is 0.00504. The van der Waals surface area contributed by atoms with Gasteiger partial charge in [-0.3, -0.25) is 38.8 Å². The molecular weight excluding hydrogens is 1520 g/mol. The Labute approximate surface area is 796 Å². The smallest absolute Gasteiger partial charge is 0.323 e.